The Morgan fingerprint density at radius 1 is 1.23 bits per heavy atom. The fraction of sp³-hybridized carbons (Fsp3) is 0.650. The van der Waals surface area contributed by atoms with Crippen molar-refractivity contribution in [3.63, 3.8) is 0 Å². The van der Waals surface area contributed by atoms with Crippen molar-refractivity contribution in [1.82, 2.24) is 10.2 Å². The standard InChI is InChI=1S/C20H29N3O3/c1-24-16-8-10-23(14-16)18-5-3-4-17(18)22-9-11-26-19-7-6-15(13-21)12-20(19)25-2/h6-7,12,16-18,22H,3-5,8-11,14H2,1-2H3/t16?,17-,18+/m1/s1. The second-order valence-electron chi connectivity index (χ2n) is 7.03. The Morgan fingerprint density at radius 3 is 2.85 bits per heavy atom. The van der Waals surface area contributed by atoms with Crippen LogP contribution in [0.1, 0.15) is 31.2 Å². The van der Waals surface area contributed by atoms with E-state index in [0.29, 0.717) is 41.9 Å². The summed E-state index contributed by atoms with van der Waals surface area (Å²) in [4.78, 5) is 2.59. The third kappa shape index (κ3) is 4.47. The molecule has 1 aromatic carbocycles. The lowest BCUT2D eigenvalue weighted by Gasteiger charge is -2.30. The van der Waals surface area contributed by atoms with Crippen LogP contribution in [0.5, 0.6) is 11.5 Å². The highest BCUT2D eigenvalue weighted by molar-refractivity contribution is 5.46. The Morgan fingerprint density at radius 2 is 2.12 bits per heavy atom. The lowest BCUT2D eigenvalue weighted by molar-refractivity contribution is 0.0978. The van der Waals surface area contributed by atoms with Gasteiger partial charge in [0, 0.05) is 44.9 Å². The van der Waals surface area contributed by atoms with Crippen LogP contribution in [-0.2, 0) is 4.74 Å². The second-order valence-corrected chi connectivity index (χ2v) is 7.03. The molecule has 1 aromatic rings. The molecule has 0 radical (unpaired) electrons. The zero-order chi connectivity index (χ0) is 18.4. The van der Waals surface area contributed by atoms with Crippen molar-refractivity contribution in [3.8, 4) is 17.6 Å². The van der Waals surface area contributed by atoms with E-state index in [9.17, 15) is 0 Å². The molecular formula is C20H29N3O3. The Bertz CT molecular complexity index is 631. The van der Waals surface area contributed by atoms with E-state index >= 15 is 0 Å². The maximum absolute atomic E-state index is 8.96. The number of hydrogen-bond donors (Lipinski definition) is 1. The van der Waals surface area contributed by atoms with Crippen LogP contribution in [0.25, 0.3) is 0 Å². The summed E-state index contributed by atoms with van der Waals surface area (Å²) in [6, 6.07) is 8.49. The van der Waals surface area contributed by atoms with Gasteiger partial charge < -0.3 is 19.5 Å². The molecule has 2 aliphatic rings. The first-order chi connectivity index (χ1) is 12.7. The molecule has 1 unspecified atom stereocenters. The summed E-state index contributed by atoms with van der Waals surface area (Å²) in [5.74, 6) is 1.28. The highest BCUT2D eigenvalue weighted by Crippen LogP contribution is 2.29. The fourth-order valence-electron chi connectivity index (χ4n) is 4.12. The number of ether oxygens (including phenoxy) is 3. The predicted molar refractivity (Wildman–Crippen MR) is 99.6 cm³/mol. The number of nitriles is 1. The summed E-state index contributed by atoms with van der Waals surface area (Å²) < 4.78 is 16.7. The van der Waals surface area contributed by atoms with Gasteiger partial charge in [0.1, 0.15) is 6.61 Å². The van der Waals surface area contributed by atoms with Crippen LogP contribution >= 0.6 is 0 Å². The molecule has 0 aromatic heterocycles. The summed E-state index contributed by atoms with van der Waals surface area (Å²) >= 11 is 0. The van der Waals surface area contributed by atoms with E-state index in [2.05, 4.69) is 16.3 Å². The first-order valence-corrected chi connectivity index (χ1v) is 9.46. The lowest BCUT2D eigenvalue weighted by Crippen LogP contribution is -2.47. The van der Waals surface area contributed by atoms with Crippen LogP contribution in [-0.4, -0.2) is 63.5 Å². The number of likely N-dealkylation sites (tertiary alicyclic amines) is 1. The third-order valence-electron chi connectivity index (χ3n) is 5.52. The SMILES string of the molecule is COc1cc(C#N)ccc1OCCN[C@@H]1CCC[C@@H]1N1CCC(OC)C1. The molecule has 1 aliphatic carbocycles. The minimum atomic E-state index is 0.392. The van der Waals surface area contributed by atoms with Gasteiger partial charge in [-0.15, -0.1) is 0 Å². The van der Waals surface area contributed by atoms with E-state index < -0.39 is 0 Å². The van der Waals surface area contributed by atoms with Crippen molar-refractivity contribution in [2.24, 2.45) is 0 Å². The number of methoxy groups -OCH3 is 2. The molecule has 2 fully saturated rings. The number of hydrogen-bond acceptors (Lipinski definition) is 6. The Labute approximate surface area is 156 Å². The number of rotatable bonds is 8. The van der Waals surface area contributed by atoms with E-state index in [4.69, 9.17) is 19.5 Å². The quantitative estimate of drug-likeness (QED) is 0.718. The molecule has 1 saturated heterocycles. The van der Waals surface area contributed by atoms with Crippen molar-refractivity contribution < 1.29 is 14.2 Å². The molecule has 1 saturated carbocycles. The molecule has 26 heavy (non-hydrogen) atoms. The summed E-state index contributed by atoms with van der Waals surface area (Å²) in [6.07, 6.45) is 5.29. The smallest absolute Gasteiger partial charge is 0.162 e. The van der Waals surface area contributed by atoms with Gasteiger partial charge in [0.05, 0.1) is 24.8 Å². The molecule has 6 heteroatoms. The second kappa shape index (κ2) is 9.22. The van der Waals surface area contributed by atoms with Crippen molar-refractivity contribution in [2.45, 2.75) is 43.9 Å². The minimum Gasteiger partial charge on any atom is -0.493 e. The maximum atomic E-state index is 8.96. The first-order valence-electron chi connectivity index (χ1n) is 9.46. The Kier molecular flexibility index (Phi) is 6.73. The average molecular weight is 359 g/mol. The maximum Gasteiger partial charge on any atom is 0.162 e. The van der Waals surface area contributed by atoms with Gasteiger partial charge in [0.25, 0.3) is 0 Å². The van der Waals surface area contributed by atoms with Gasteiger partial charge in [-0.25, -0.2) is 0 Å². The van der Waals surface area contributed by atoms with Crippen LogP contribution in [0.4, 0.5) is 0 Å². The summed E-state index contributed by atoms with van der Waals surface area (Å²) in [7, 11) is 3.40. The molecule has 3 rings (SSSR count). The van der Waals surface area contributed by atoms with E-state index in [1.54, 1.807) is 25.3 Å². The van der Waals surface area contributed by atoms with Crippen LogP contribution < -0.4 is 14.8 Å². The van der Waals surface area contributed by atoms with Crippen LogP contribution in [0.15, 0.2) is 18.2 Å². The molecule has 1 N–H and O–H groups in total. The summed E-state index contributed by atoms with van der Waals surface area (Å²) in [5.41, 5.74) is 0.570. The number of nitrogens with one attached hydrogen (secondary N) is 1. The normalized spacial score (nSPS) is 26.0. The topological polar surface area (TPSA) is 66.8 Å². The molecule has 0 amide bonds. The van der Waals surface area contributed by atoms with E-state index in [-0.39, 0.29) is 0 Å². The molecule has 0 bridgehead atoms. The minimum absolute atomic E-state index is 0.392. The Hall–Kier alpha value is -1.81. The summed E-state index contributed by atoms with van der Waals surface area (Å²) in [5, 5.41) is 12.6. The van der Waals surface area contributed by atoms with Crippen LogP contribution in [0.3, 0.4) is 0 Å². The average Bonchev–Trinajstić information content (AvgIpc) is 3.33. The highest BCUT2D eigenvalue weighted by atomic mass is 16.5. The van der Waals surface area contributed by atoms with E-state index in [1.807, 2.05) is 7.11 Å². The highest BCUT2D eigenvalue weighted by Gasteiger charge is 2.35. The Balaban J connectivity index is 1.45. The van der Waals surface area contributed by atoms with E-state index in [1.165, 1.54) is 19.3 Å². The van der Waals surface area contributed by atoms with Gasteiger partial charge in [-0.2, -0.15) is 5.26 Å². The molecule has 1 heterocycles. The number of benzene rings is 1. The molecular weight excluding hydrogens is 330 g/mol. The van der Waals surface area contributed by atoms with Crippen molar-refractivity contribution >= 4 is 0 Å². The number of nitrogens with zero attached hydrogens (tertiary/aromatic N) is 2. The van der Waals surface area contributed by atoms with Crippen molar-refractivity contribution in [1.29, 1.82) is 5.26 Å². The zero-order valence-corrected chi connectivity index (χ0v) is 15.7. The van der Waals surface area contributed by atoms with Gasteiger partial charge in [-0.05, 0) is 31.4 Å². The molecule has 1 aliphatic heterocycles. The largest absolute Gasteiger partial charge is 0.493 e. The van der Waals surface area contributed by atoms with Gasteiger partial charge in [-0.1, -0.05) is 6.42 Å². The molecule has 0 spiro atoms. The van der Waals surface area contributed by atoms with E-state index in [0.717, 1.165) is 26.1 Å². The first kappa shape index (κ1) is 19.0. The molecule has 3 atom stereocenters. The predicted octanol–water partition coefficient (Wildman–Crippen LogP) is 2.18. The lowest BCUT2D eigenvalue weighted by atomic mass is 10.1. The van der Waals surface area contributed by atoms with Gasteiger partial charge in [-0.3, -0.25) is 4.90 Å². The fourth-order valence-corrected chi connectivity index (χ4v) is 4.12. The van der Waals surface area contributed by atoms with Gasteiger partial charge in [0.2, 0.25) is 0 Å². The van der Waals surface area contributed by atoms with Gasteiger partial charge >= 0.3 is 0 Å². The van der Waals surface area contributed by atoms with Gasteiger partial charge in [0.15, 0.2) is 11.5 Å². The molecule has 6 nitrogen and oxygen atoms in total. The third-order valence-corrected chi connectivity index (χ3v) is 5.52. The van der Waals surface area contributed by atoms with Crippen molar-refractivity contribution in [2.75, 3.05) is 40.5 Å². The zero-order valence-electron chi connectivity index (χ0n) is 15.7. The van der Waals surface area contributed by atoms with Crippen LogP contribution in [0, 0.1) is 11.3 Å². The molecule has 142 valence electrons. The van der Waals surface area contributed by atoms with Crippen LogP contribution in [0.2, 0.25) is 0 Å². The monoisotopic (exact) mass is 359 g/mol. The summed E-state index contributed by atoms with van der Waals surface area (Å²) in [6.45, 7) is 3.57. The van der Waals surface area contributed by atoms with Crippen molar-refractivity contribution in [3.05, 3.63) is 23.8 Å².